The highest BCUT2D eigenvalue weighted by molar-refractivity contribution is 9.10. The van der Waals surface area contributed by atoms with Gasteiger partial charge in [0.15, 0.2) is 0 Å². The van der Waals surface area contributed by atoms with Gasteiger partial charge in [-0.3, -0.25) is 4.79 Å². The van der Waals surface area contributed by atoms with Crippen LogP contribution in [0, 0.1) is 5.92 Å². The van der Waals surface area contributed by atoms with E-state index in [1.54, 1.807) is 0 Å². The number of carbonyl (C=O) groups excluding carboxylic acids is 1. The molecule has 114 valence electrons. The number of benzene rings is 1. The standard InChI is InChI=1S/C16H21BrN2OS/c1-11-6-8-16(9-7-11,15(18)21)19-14(20)10-12-2-4-13(17)5-3-12/h2-5,11H,6-10H2,1H3,(H2,18,21)(H,19,20). The Hall–Kier alpha value is -0.940. The Balaban J connectivity index is 2.02. The fraction of sp³-hybridized carbons (Fsp3) is 0.500. The van der Waals surface area contributed by atoms with Gasteiger partial charge < -0.3 is 11.1 Å². The topological polar surface area (TPSA) is 55.1 Å². The Morgan fingerprint density at radius 2 is 1.95 bits per heavy atom. The second kappa shape index (κ2) is 6.88. The Morgan fingerprint density at radius 1 is 1.38 bits per heavy atom. The van der Waals surface area contributed by atoms with E-state index in [1.807, 2.05) is 24.3 Å². The number of hydrogen-bond acceptors (Lipinski definition) is 2. The van der Waals surface area contributed by atoms with E-state index in [4.69, 9.17) is 18.0 Å². The number of halogens is 1. The zero-order chi connectivity index (χ0) is 15.5. The van der Waals surface area contributed by atoms with Gasteiger partial charge in [-0.05, 0) is 49.3 Å². The van der Waals surface area contributed by atoms with Gasteiger partial charge in [-0.1, -0.05) is 47.2 Å². The molecular formula is C16H21BrN2OS. The summed E-state index contributed by atoms with van der Waals surface area (Å²) in [5.74, 6) is 0.663. The number of thiocarbonyl (C=S) groups is 1. The molecule has 1 aromatic carbocycles. The summed E-state index contributed by atoms with van der Waals surface area (Å²) in [5, 5.41) is 3.10. The number of nitrogens with one attached hydrogen (secondary N) is 1. The SMILES string of the molecule is CC1CCC(NC(=O)Cc2ccc(Br)cc2)(C(N)=S)CC1. The number of nitrogens with two attached hydrogens (primary N) is 1. The van der Waals surface area contributed by atoms with Crippen LogP contribution in [0.3, 0.4) is 0 Å². The van der Waals surface area contributed by atoms with E-state index >= 15 is 0 Å². The van der Waals surface area contributed by atoms with Gasteiger partial charge in [0.2, 0.25) is 5.91 Å². The third kappa shape index (κ3) is 4.27. The summed E-state index contributed by atoms with van der Waals surface area (Å²) >= 11 is 8.61. The first-order chi connectivity index (χ1) is 9.91. The van der Waals surface area contributed by atoms with Crippen molar-refractivity contribution in [2.24, 2.45) is 11.7 Å². The zero-order valence-electron chi connectivity index (χ0n) is 12.2. The van der Waals surface area contributed by atoms with Crippen LogP contribution in [0.1, 0.15) is 38.2 Å². The van der Waals surface area contributed by atoms with Crippen molar-refractivity contribution in [1.82, 2.24) is 5.32 Å². The van der Waals surface area contributed by atoms with E-state index in [2.05, 4.69) is 28.2 Å². The van der Waals surface area contributed by atoms with Gasteiger partial charge in [0.05, 0.1) is 16.9 Å². The smallest absolute Gasteiger partial charge is 0.225 e. The van der Waals surface area contributed by atoms with Crippen molar-refractivity contribution in [3.8, 4) is 0 Å². The molecule has 0 saturated heterocycles. The summed E-state index contributed by atoms with van der Waals surface area (Å²) < 4.78 is 1.01. The molecule has 3 N–H and O–H groups in total. The maximum atomic E-state index is 12.3. The second-order valence-electron chi connectivity index (χ2n) is 5.98. The fourth-order valence-corrected chi connectivity index (χ4v) is 3.31. The minimum absolute atomic E-state index is 0.0142. The van der Waals surface area contributed by atoms with Gasteiger partial charge >= 0.3 is 0 Å². The van der Waals surface area contributed by atoms with Crippen molar-refractivity contribution in [2.45, 2.75) is 44.6 Å². The summed E-state index contributed by atoms with van der Waals surface area (Å²) in [4.78, 5) is 12.7. The van der Waals surface area contributed by atoms with Crippen LogP contribution in [0.5, 0.6) is 0 Å². The van der Waals surface area contributed by atoms with E-state index in [0.717, 1.165) is 35.7 Å². The largest absolute Gasteiger partial charge is 0.391 e. The average molecular weight is 369 g/mol. The lowest BCUT2D eigenvalue weighted by Crippen LogP contribution is -2.58. The van der Waals surface area contributed by atoms with Gasteiger partial charge in [-0.25, -0.2) is 0 Å². The van der Waals surface area contributed by atoms with Crippen LogP contribution in [0.25, 0.3) is 0 Å². The van der Waals surface area contributed by atoms with Crippen molar-refractivity contribution in [1.29, 1.82) is 0 Å². The number of hydrogen-bond donors (Lipinski definition) is 2. The molecule has 1 aromatic rings. The molecule has 0 unspecified atom stereocenters. The highest BCUT2D eigenvalue weighted by Gasteiger charge is 2.38. The van der Waals surface area contributed by atoms with Gasteiger partial charge in [-0.2, -0.15) is 0 Å². The van der Waals surface area contributed by atoms with Crippen LogP contribution >= 0.6 is 28.1 Å². The second-order valence-corrected chi connectivity index (χ2v) is 7.34. The predicted molar refractivity (Wildman–Crippen MR) is 93.1 cm³/mol. The van der Waals surface area contributed by atoms with Gasteiger partial charge in [0.1, 0.15) is 0 Å². The molecule has 3 nitrogen and oxygen atoms in total. The van der Waals surface area contributed by atoms with E-state index in [0.29, 0.717) is 17.3 Å². The highest BCUT2D eigenvalue weighted by atomic mass is 79.9. The molecule has 0 bridgehead atoms. The number of carbonyl (C=O) groups is 1. The molecule has 2 rings (SSSR count). The van der Waals surface area contributed by atoms with Crippen molar-refractivity contribution >= 4 is 39.0 Å². The lowest BCUT2D eigenvalue weighted by atomic mass is 9.77. The van der Waals surface area contributed by atoms with Gasteiger partial charge in [0.25, 0.3) is 0 Å². The van der Waals surface area contributed by atoms with Crippen LogP contribution in [-0.4, -0.2) is 16.4 Å². The van der Waals surface area contributed by atoms with Crippen LogP contribution in [0.2, 0.25) is 0 Å². The molecule has 0 heterocycles. The molecule has 0 aliphatic heterocycles. The molecule has 1 amide bonds. The van der Waals surface area contributed by atoms with Crippen molar-refractivity contribution in [3.63, 3.8) is 0 Å². The summed E-state index contributed by atoms with van der Waals surface area (Å²) in [6, 6.07) is 7.77. The fourth-order valence-electron chi connectivity index (χ4n) is 2.79. The molecule has 0 aromatic heterocycles. The van der Waals surface area contributed by atoms with E-state index in [9.17, 15) is 4.79 Å². The van der Waals surface area contributed by atoms with Crippen molar-refractivity contribution < 1.29 is 4.79 Å². The van der Waals surface area contributed by atoms with Crippen LogP contribution in [-0.2, 0) is 11.2 Å². The van der Waals surface area contributed by atoms with Crippen LogP contribution < -0.4 is 11.1 Å². The lowest BCUT2D eigenvalue weighted by Gasteiger charge is -2.39. The minimum atomic E-state index is -0.492. The number of amides is 1. The number of rotatable bonds is 4. The van der Waals surface area contributed by atoms with E-state index in [1.165, 1.54) is 0 Å². The van der Waals surface area contributed by atoms with Crippen LogP contribution in [0.4, 0.5) is 0 Å². The van der Waals surface area contributed by atoms with E-state index < -0.39 is 5.54 Å². The maximum absolute atomic E-state index is 12.3. The van der Waals surface area contributed by atoms with Crippen molar-refractivity contribution in [3.05, 3.63) is 34.3 Å². The molecule has 0 spiro atoms. The molecule has 1 aliphatic carbocycles. The summed E-state index contributed by atoms with van der Waals surface area (Å²) in [6.07, 6.45) is 4.14. The molecule has 1 saturated carbocycles. The zero-order valence-corrected chi connectivity index (χ0v) is 14.6. The molecule has 1 fully saturated rings. The summed E-state index contributed by atoms with van der Waals surface area (Å²) in [6.45, 7) is 2.23. The quantitative estimate of drug-likeness (QED) is 0.801. The molecular weight excluding hydrogens is 348 g/mol. The summed E-state index contributed by atoms with van der Waals surface area (Å²) in [5.41, 5.74) is 6.41. The predicted octanol–water partition coefficient (Wildman–Crippen LogP) is 3.34. The highest BCUT2D eigenvalue weighted by Crippen LogP contribution is 2.32. The third-order valence-corrected chi connectivity index (χ3v) is 5.18. The molecule has 21 heavy (non-hydrogen) atoms. The molecule has 0 atom stereocenters. The van der Waals surface area contributed by atoms with Crippen molar-refractivity contribution in [2.75, 3.05) is 0 Å². The first-order valence-electron chi connectivity index (χ1n) is 7.27. The van der Waals surface area contributed by atoms with Gasteiger partial charge in [0, 0.05) is 4.47 Å². The van der Waals surface area contributed by atoms with E-state index in [-0.39, 0.29) is 5.91 Å². The lowest BCUT2D eigenvalue weighted by molar-refractivity contribution is -0.122. The van der Waals surface area contributed by atoms with Gasteiger partial charge in [-0.15, -0.1) is 0 Å². The monoisotopic (exact) mass is 368 g/mol. The first-order valence-corrected chi connectivity index (χ1v) is 8.47. The molecule has 5 heteroatoms. The minimum Gasteiger partial charge on any atom is -0.391 e. The Bertz CT molecular complexity index is 522. The Labute approximate surface area is 139 Å². The maximum Gasteiger partial charge on any atom is 0.225 e. The molecule has 0 radical (unpaired) electrons. The summed E-state index contributed by atoms with van der Waals surface area (Å²) in [7, 11) is 0. The van der Waals surface area contributed by atoms with Crippen LogP contribution in [0.15, 0.2) is 28.7 Å². The average Bonchev–Trinajstić information content (AvgIpc) is 2.44. The molecule has 1 aliphatic rings. The Kier molecular flexibility index (Phi) is 5.38. The normalized spacial score (nSPS) is 25.3. The first kappa shape index (κ1) is 16.4. The Morgan fingerprint density at radius 3 is 2.48 bits per heavy atom. The third-order valence-electron chi connectivity index (χ3n) is 4.26.